The molecule has 0 atom stereocenters. The van der Waals surface area contributed by atoms with Gasteiger partial charge in [-0.2, -0.15) is 0 Å². The number of benzene rings is 1. The van der Waals surface area contributed by atoms with Crippen LogP contribution in [0.2, 0.25) is 0 Å². The van der Waals surface area contributed by atoms with Gasteiger partial charge in [0.2, 0.25) is 5.91 Å². The Morgan fingerprint density at radius 2 is 1.95 bits per heavy atom. The van der Waals surface area contributed by atoms with Crippen molar-refractivity contribution in [2.45, 2.75) is 19.9 Å². The summed E-state index contributed by atoms with van der Waals surface area (Å²) in [6.07, 6.45) is 0. The normalized spacial score (nSPS) is 10.2. The molecular formula is C14H19F2N3O3. The molecule has 8 heteroatoms. The van der Waals surface area contributed by atoms with E-state index in [-0.39, 0.29) is 37.4 Å². The maximum absolute atomic E-state index is 13.2. The number of nitrogens with one attached hydrogen (secondary N) is 3. The van der Waals surface area contributed by atoms with Crippen molar-refractivity contribution < 1.29 is 23.1 Å². The first-order valence-electron chi connectivity index (χ1n) is 6.77. The molecule has 0 aromatic heterocycles. The van der Waals surface area contributed by atoms with Gasteiger partial charge in [-0.15, -0.1) is 0 Å². The van der Waals surface area contributed by atoms with Crippen molar-refractivity contribution in [3.8, 4) is 5.75 Å². The molecule has 0 unspecified atom stereocenters. The van der Waals surface area contributed by atoms with Crippen LogP contribution < -0.4 is 20.7 Å². The summed E-state index contributed by atoms with van der Waals surface area (Å²) >= 11 is 0. The molecule has 1 aromatic rings. The number of rotatable bonds is 7. The molecule has 0 aliphatic rings. The van der Waals surface area contributed by atoms with Crippen molar-refractivity contribution in [3.63, 3.8) is 0 Å². The minimum Gasteiger partial charge on any atom is -0.489 e. The number of ether oxygens (including phenoxy) is 1. The Hall–Kier alpha value is -2.38. The molecule has 0 bridgehead atoms. The number of halogens is 2. The Balaban J connectivity index is 2.18. The number of hydrogen-bond acceptors (Lipinski definition) is 3. The first-order chi connectivity index (χ1) is 10.4. The Morgan fingerprint density at radius 1 is 1.23 bits per heavy atom. The highest BCUT2D eigenvalue weighted by atomic mass is 19.1. The first kappa shape index (κ1) is 17.7. The summed E-state index contributed by atoms with van der Waals surface area (Å²) in [5.41, 5.74) is 0. The summed E-state index contributed by atoms with van der Waals surface area (Å²) in [6.45, 7) is 3.59. The van der Waals surface area contributed by atoms with Gasteiger partial charge in [0.05, 0.1) is 13.1 Å². The first-order valence-corrected chi connectivity index (χ1v) is 6.77. The lowest BCUT2D eigenvalue weighted by molar-refractivity contribution is -0.120. The van der Waals surface area contributed by atoms with Crippen LogP contribution >= 0.6 is 0 Å². The second kappa shape index (κ2) is 8.81. The minimum absolute atomic E-state index is 0.00336. The highest BCUT2D eigenvalue weighted by Crippen LogP contribution is 2.17. The number of hydrogen-bond donors (Lipinski definition) is 3. The van der Waals surface area contributed by atoms with Gasteiger partial charge in [0.25, 0.3) is 0 Å². The largest absolute Gasteiger partial charge is 0.489 e. The minimum atomic E-state index is -0.810. The SMILES string of the molecule is CC(C)NC(=O)CNC(=O)NCCOc1ccc(F)cc1F. The van der Waals surface area contributed by atoms with Crippen molar-refractivity contribution in [2.24, 2.45) is 0 Å². The van der Waals surface area contributed by atoms with Gasteiger partial charge in [0.1, 0.15) is 12.4 Å². The van der Waals surface area contributed by atoms with Crippen LogP contribution in [0.5, 0.6) is 5.75 Å². The van der Waals surface area contributed by atoms with E-state index >= 15 is 0 Å². The van der Waals surface area contributed by atoms with E-state index in [1.165, 1.54) is 6.07 Å². The smallest absolute Gasteiger partial charge is 0.315 e. The van der Waals surface area contributed by atoms with E-state index in [2.05, 4.69) is 16.0 Å². The third-order valence-electron chi connectivity index (χ3n) is 2.40. The summed E-state index contributed by atoms with van der Waals surface area (Å²) in [6, 6.07) is 2.41. The van der Waals surface area contributed by atoms with E-state index in [1.54, 1.807) is 0 Å². The zero-order valence-corrected chi connectivity index (χ0v) is 12.4. The molecule has 0 heterocycles. The molecule has 0 spiro atoms. The Kier molecular flexibility index (Phi) is 7.07. The Morgan fingerprint density at radius 3 is 2.59 bits per heavy atom. The predicted octanol–water partition coefficient (Wildman–Crippen LogP) is 1.17. The van der Waals surface area contributed by atoms with Gasteiger partial charge < -0.3 is 20.7 Å². The standard InChI is InChI=1S/C14H19F2N3O3/c1-9(2)19-13(20)8-18-14(21)17-5-6-22-12-4-3-10(15)7-11(12)16/h3-4,7,9H,5-6,8H2,1-2H3,(H,19,20)(H2,17,18,21). The molecule has 0 aliphatic heterocycles. The molecule has 0 aliphatic carbocycles. The molecule has 1 rings (SSSR count). The molecule has 1 aromatic carbocycles. The number of amides is 3. The van der Waals surface area contributed by atoms with E-state index in [0.717, 1.165) is 6.07 Å². The van der Waals surface area contributed by atoms with Crippen LogP contribution in [0, 0.1) is 11.6 Å². The number of carbonyl (C=O) groups excluding carboxylic acids is 2. The molecule has 3 amide bonds. The van der Waals surface area contributed by atoms with Crippen molar-refractivity contribution in [1.82, 2.24) is 16.0 Å². The fourth-order valence-corrected chi connectivity index (χ4v) is 1.51. The van der Waals surface area contributed by atoms with Gasteiger partial charge in [0, 0.05) is 12.1 Å². The zero-order chi connectivity index (χ0) is 16.5. The predicted molar refractivity (Wildman–Crippen MR) is 76.5 cm³/mol. The van der Waals surface area contributed by atoms with E-state index < -0.39 is 17.7 Å². The molecule has 3 N–H and O–H groups in total. The van der Waals surface area contributed by atoms with Crippen molar-refractivity contribution in [3.05, 3.63) is 29.8 Å². The number of urea groups is 1. The third kappa shape index (κ3) is 6.87. The lowest BCUT2D eigenvalue weighted by Gasteiger charge is -2.11. The van der Waals surface area contributed by atoms with Crippen LogP contribution in [0.25, 0.3) is 0 Å². The van der Waals surface area contributed by atoms with Crippen LogP contribution in [0.1, 0.15) is 13.8 Å². The monoisotopic (exact) mass is 315 g/mol. The fraction of sp³-hybridized carbons (Fsp3) is 0.429. The molecule has 0 saturated carbocycles. The van der Waals surface area contributed by atoms with Gasteiger partial charge in [-0.25, -0.2) is 13.6 Å². The van der Waals surface area contributed by atoms with Crippen LogP contribution in [0.4, 0.5) is 13.6 Å². The van der Waals surface area contributed by atoms with Crippen LogP contribution in [0.15, 0.2) is 18.2 Å². The van der Waals surface area contributed by atoms with Crippen molar-refractivity contribution in [1.29, 1.82) is 0 Å². The highest BCUT2D eigenvalue weighted by Gasteiger charge is 2.07. The summed E-state index contributed by atoms with van der Waals surface area (Å²) in [7, 11) is 0. The fourth-order valence-electron chi connectivity index (χ4n) is 1.51. The van der Waals surface area contributed by atoms with E-state index in [1.807, 2.05) is 13.8 Å². The summed E-state index contributed by atoms with van der Waals surface area (Å²) in [5, 5.41) is 7.42. The van der Waals surface area contributed by atoms with Gasteiger partial charge in [-0.05, 0) is 26.0 Å². The average Bonchev–Trinajstić information content (AvgIpc) is 2.42. The average molecular weight is 315 g/mol. The van der Waals surface area contributed by atoms with Crippen molar-refractivity contribution >= 4 is 11.9 Å². The molecule has 0 saturated heterocycles. The Bertz CT molecular complexity index is 524. The molecule has 122 valence electrons. The van der Waals surface area contributed by atoms with E-state index in [4.69, 9.17) is 4.74 Å². The summed E-state index contributed by atoms with van der Waals surface area (Å²) in [4.78, 5) is 22.7. The van der Waals surface area contributed by atoms with Crippen LogP contribution in [0.3, 0.4) is 0 Å². The lowest BCUT2D eigenvalue weighted by atomic mass is 10.3. The summed E-state index contributed by atoms with van der Waals surface area (Å²) < 4.78 is 31.0. The zero-order valence-electron chi connectivity index (χ0n) is 12.4. The molecule has 22 heavy (non-hydrogen) atoms. The molecular weight excluding hydrogens is 296 g/mol. The van der Waals surface area contributed by atoms with E-state index in [9.17, 15) is 18.4 Å². The highest BCUT2D eigenvalue weighted by molar-refractivity contribution is 5.83. The second-order valence-electron chi connectivity index (χ2n) is 4.75. The van der Waals surface area contributed by atoms with Crippen molar-refractivity contribution in [2.75, 3.05) is 19.7 Å². The van der Waals surface area contributed by atoms with E-state index in [0.29, 0.717) is 6.07 Å². The molecule has 6 nitrogen and oxygen atoms in total. The van der Waals surface area contributed by atoms with Crippen LogP contribution in [-0.4, -0.2) is 37.7 Å². The third-order valence-corrected chi connectivity index (χ3v) is 2.40. The van der Waals surface area contributed by atoms with Gasteiger partial charge in [-0.1, -0.05) is 0 Å². The maximum atomic E-state index is 13.2. The quantitative estimate of drug-likeness (QED) is 0.661. The molecule has 0 fully saturated rings. The maximum Gasteiger partial charge on any atom is 0.315 e. The van der Waals surface area contributed by atoms with Gasteiger partial charge in [-0.3, -0.25) is 4.79 Å². The molecule has 0 radical (unpaired) electrons. The van der Waals surface area contributed by atoms with Gasteiger partial charge in [0.15, 0.2) is 11.6 Å². The topological polar surface area (TPSA) is 79.5 Å². The Labute approximate surface area is 127 Å². The lowest BCUT2D eigenvalue weighted by Crippen LogP contribution is -2.44. The van der Waals surface area contributed by atoms with Crippen LogP contribution in [-0.2, 0) is 4.79 Å². The summed E-state index contributed by atoms with van der Waals surface area (Å²) in [5.74, 6) is -1.90. The number of carbonyl (C=O) groups is 2. The second-order valence-corrected chi connectivity index (χ2v) is 4.75. The van der Waals surface area contributed by atoms with Gasteiger partial charge >= 0.3 is 6.03 Å².